The van der Waals surface area contributed by atoms with Crippen LogP contribution in [-0.4, -0.2) is 40.5 Å². The molecule has 1 heterocycles. The van der Waals surface area contributed by atoms with Crippen LogP contribution in [0.15, 0.2) is 22.0 Å². The summed E-state index contributed by atoms with van der Waals surface area (Å²) in [5.74, 6) is 0.403. The first-order valence-corrected chi connectivity index (χ1v) is 7.84. The summed E-state index contributed by atoms with van der Waals surface area (Å²) in [6.07, 6.45) is 1.34. The SMILES string of the molecule is COc1cc(/C=N/Nc2nc(=O)[nH]nc2C(C)(C)C)cc([N+](=O)[O-])c1OC. The lowest BCUT2D eigenvalue weighted by Gasteiger charge is -2.18. The molecule has 11 nitrogen and oxygen atoms in total. The van der Waals surface area contributed by atoms with Crippen LogP contribution in [0.1, 0.15) is 32.0 Å². The second-order valence-electron chi connectivity index (χ2n) is 6.49. The Kier molecular flexibility index (Phi) is 5.73. The van der Waals surface area contributed by atoms with Crippen LogP contribution in [0.2, 0.25) is 0 Å². The number of benzene rings is 1. The van der Waals surface area contributed by atoms with Gasteiger partial charge in [-0.1, -0.05) is 20.8 Å². The number of aromatic nitrogens is 3. The van der Waals surface area contributed by atoms with Crippen molar-refractivity contribution in [3.63, 3.8) is 0 Å². The van der Waals surface area contributed by atoms with E-state index in [1.165, 1.54) is 32.6 Å². The molecule has 2 rings (SSSR count). The maximum atomic E-state index is 11.4. The van der Waals surface area contributed by atoms with Crippen LogP contribution in [0, 0.1) is 10.1 Å². The molecule has 0 radical (unpaired) electrons. The summed E-state index contributed by atoms with van der Waals surface area (Å²) in [6.45, 7) is 5.71. The highest BCUT2D eigenvalue weighted by molar-refractivity contribution is 5.83. The first-order chi connectivity index (χ1) is 12.7. The summed E-state index contributed by atoms with van der Waals surface area (Å²) >= 11 is 0. The lowest BCUT2D eigenvalue weighted by molar-refractivity contribution is -0.385. The van der Waals surface area contributed by atoms with E-state index in [-0.39, 0.29) is 23.0 Å². The number of rotatable bonds is 6. The number of nitrogens with zero attached hydrogens (tertiary/aromatic N) is 4. The van der Waals surface area contributed by atoms with Crippen molar-refractivity contribution < 1.29 is 14.4 Å². The fourth-order valence-electron chi connectivity index (χ4n) is 2.28. The van der Waals surface area contributed by atoms with E-state index in [0.717, 1.165) is 0 Å². The van der Waals surface area contributed by atoms with Gasteiger partial charge in [-0.25, -0.2) is 9.89 Å². The average Bonchev–Trinajstić information content (AvgIpc) is 2.59. The molecule has 2 N–H and O–H groups in total. The minimum atomic E-state index is -0.623. The van der Waals surface area contributed by atoms with E-state index < -0.39 is 16.0 Å². The van der Waals surface area contributed by atoms with Gasteiger partial charge in [-0.3, -0.25) is 15.5 Å². The molecule has 0 unspecified atom stereocenters. The molecule has 0 spiro atoms. The summed E-state index contributed by atoms with van der Waals surface area (Å²) in [6, 6.07) is 2.83. The molecule has 1 aromatic carbocycles. The first kappa shape index (κ1) is 19.8. The molecule has 0 atom stereocenters. The molecule has 27 heavy (non-hydrogen) atoms. The molecule has 11 heteroatoms. The summed E-state index contributed by atoms with van der Waals surface area (Å²) in [5, 5.41) is 21.5. The number of hydrogen-bond acceptors (Lipinski definition) is 9. The maximum Gasteiger partial charge on any atom is 0.363 e. The van der Waals surface area contributed by atoms with Gasteiger partial charge in [0.1, 0.15) is 5.69 Å². The highest BCUT2D eigenvalue weighted by atomic mass is 16.6. The molecule has 0 aliphatic rings. The van der Waals surface area contributed by atoms with Crippen molar-refractivity contribution in [2.75, 3.05) is 19.6 Å². The summed E-state index contributed by atoms with van der Waals surface area (Å²) in [4.78, 5) is 25.9. The van der Waals surface area contributed by atoms with Gasteiger partial charge in [0.25, 0.3) is 0 Å². The molecule has 0 bridgehead atoms. The second kappa shape index (κ2) is 7.81. The fraction of sp³-hybridized carbons (Fsp3) is 0.375. The molecular weight excluding hydrogens is 356 g/mol. The molecular formula is C16H20N6O5. The van der Waals surface area contributed by atoms with Crippen molar-refractivity contribution >= 4 is 17.7 Å². The van der Waals surface area contributed by atoms with E-state index in [1.807, 2.05) is 20.8 Å². The van der Waals surface area contributed by atoms with Crippen LogP contribution in [0.4, 0.5) is 11.5 Å². The van der Waals surface area contributed by atoms with Gasteiger partial charge in [0.15, 0.2) is 11.6 Å². The molecule has 144 valence electrons. The average molecular weight is 376 g/mol. The van der Waals surface area contributed by atoms with E-state index in [2.05, 4.69) is 25.7 Å². The Morgan fingerprint density at radius 1 is 1.30 bits per heavy atom. The Bertz CT molecular complexity index is 932. The zero-order valence-corrected chi connectivity index (χ0v) is 15.6. The van der Waals surface area contributed by atoms with Crippen LogP contribution < -0.4 is 20.6 Å². The number of H-pyrrole nitrogens is 1. The summed E-state index contributed by atoms with van der Waals surface area (Å²) < 4.78 is 10.2. The molecule has 0 saturated heterocycles. The second-order valence-corrected chi connectivity index (χ2v) is 6.49. The van der Waals surface area contributed by atoms with E-state index in [1.54, 1.807) is 0 Å². The molecule has 1 aromatic heterocycles. The monoisotopic (exact) mass is 376 g/mol. The number of methoxy groups -OCH3 is 2. The molecule has 0 saturated carbocycles. The third-order valence-electron chi connectivity index (χ3n) is 3.47. The third-order valence-corrected chi connectivity index (χ3v) is 3.47. The quantitative estimate of drug-likeness (QED) is 0.441. The van der Waals surface area contributed by atoms with Gasteiger partial charge in [0.05, 0.1) is 25.4 Å². The molecule has 0 aliphatic heterocycles. The summed E-state index contributed by atoms with van der Waals surface area (Å²) in [7, 11) is 2.70. The fourth-order valence-corrected chi connectivity index (χ4v) is 2.28. The normalized spacial score (nSPS) is 11.4. The van der Waals surface area contributed by atoms with Gasteiger partial charge in [-0.2, -0.15) is 15.2 Å². The Hall–Kier alpha value is -3.50. The number of nitrogens with one attached hydrogen (secondary N) is 2. The number of nitro benzene ring substituents is 1. The maximum absolute atomic E-state index is 11.4. The predicted octanol–water partition coefficient (Wildman–Crippen LogP) is 1.83. The van der Waals surface area contributed by atoms with Crippen molar-refractivity contribution in [3.8, 4) is 11.5 Å². The Morgan fingerprint density at radius 2 is 2.00 bits per heavy atom. The Labute approximate surface area is 154 Å². The minimum absolute atomic E-state index is 0.0167. The molecule has 0 amide bonds. The van der Waals surface area contributed by atoms with Crippen LogP contribution in [0.3, 0.4) is 0 Å². The van der Waals surface area contributed by atoms with Crippen molar-refractivity contribution in [3.05, 3.63) is 44.0 Å². The number of ether oxygens (including phenoxy) is 2. The smallest absolute Gasteiger partial charge is 0.363 e. The van der Waals surface area contributed by atoms with Crippen LogP contribution in [0.25, 0.3) is 0 Å². The van der Waals surface area contributed by atoms with Gasteiger partial charge in [0.2, 0.25) is 5.75 Å². The van der Waals surface area contributed by atoms with Gasteiger partial charge >= 0.3 is 11.4 Å². The summed E-state index contributed by atoms with van der Waals surface area (Å²) in [5.41, 5.74) is 2.29. The lowest BCUT2D eigenvalue weighted by atomic mass is 9.92. The van der Waals surface area contributed by atoms with E-state index in [9.17, 15) is 14.9 Å². The van der Waals surface area contributed by atoms with E-state index in [0.29, 0.717) is 11.3 Å². The van der Waals surface area contributed by atoms with E-state index >= 15 is 0 Å². The van der Waals surface area contributed by atoms with Crippen molar-refractivity contribution in [1.82, 2.24) is 15.2 Å². The Morgan fingerprint density at radius 3 is 2.56 bits per heavy atom. The standard InChI is InChI=1S/C16H20N6O5/c1-16(2,3)13-14(18-15(23)21-19-13)20-17-8-9-6-10(22(24)25)12(27-5)11(7-9)26-4/h6-8H,1-5H3,(H2,18,20,21,23)/b17-8+. The zero-order valence-electron chi connectivity index (χ0n) is 15.6. The molecule has 0 fully saturated rings. The van der Waals surface area contributed by atoms with Crippen LogP contribution in [0.5, 0.6) is 11.5 Å². The number of aromatic amines is 1. The number of hydrogen-bond donors (Lipinski definition) is 2. The lowest BCUT2D eigenvalue weighted by Crippen LogP contribution is -2.24. The van der Waals surface area contributed by atoms with Crippen molar-refractivity contribution in [2.24, 2.45) is 5.10 Å². The Balaban J connectivity index is 2.38. The number of hydrazone groups is 1. The van der Waals surface area contributed by atoms with Crippen LogP contribution >= 0.6 is 0 Å². The highest BCUT2D eigenvalue weighted by Gasteiger charge is 2.22. The van der Waals surface area contributed by atoms with Gasteiger partial charge in [-0.05, 0) is 6.07 Å². The number of nitro groups is 1. The zero-order chi connectivity index (χ0) is 20.2. The minimum Gasteiger partial charge on any atom is -0.493 e. The van der Waals surface area contributed by atoms with Gasteiger partial charge in [0, 0.05) is 17.0 Å². The van der Waals surface area contributed by atoms with E-state index in [4.69, 9.17) is 9.47 Å². The molecule has 0 aliphatic carbocycles. The predicted molar refractivity (Wildman–Crippen MR) is 98.8 cm³/mol. The van der Waals surface area contributed by atoms with Gasteiger partial charge < -0.3 is 9.47 Å². The third kappa shape index (κ3) is 4.57. The first-order valence-electron chi connectivity index (χ1n) is 7.84. The largest absolute Gasteiger partial charge is 0.493 e. The highest BCUT2D eigenvalue weighted by Crippen LogP contribution is 2.37. The van der Waals surface area contributed by atoms with Crippen molar-refractivity contribution in [1.29, 1.82) is 0 Å². The topological polar surface area (TPSA) is 145 Å². The van der Waals surface area contributed by atoms with Gasteiger partial charge in [-0.15, -0.1) is 0 Å². The van der Waals surface area contributed by atoms with Crippen LogP contribution in [-0.2, 0) is 5.41 Å². The number of anilines is 1. The molecule has 2 aromatic rings. The van der Waals surface area contributed by atoms with Crippen molar-refractivity contribution in [2.45, 2.75) is 26.2 Å².